The summed E-state index contributed by atoms with van der Waals surface area (Å²) >= 11 is 0. The minimum atomic E-state index is -1.11. The lowest BCUT2D eigenvalue weighted by molar-refractivity contribution is -0.0461. The Hall–Kier alpha value is -0.150. The topological polar surface area (TPSA) is 12.5 Å². The Labute approximate surface area is 80.1 Å². The van der Waals surface area contributed by atoms with E-state index in [1.807, 2.05) is 25.8 Å². The SMILES string of the molecule is CC(C)OC[C@]1(F)CCCN(C)C1. The van der Waals surface area contributed by atoms with Crippen molar-refractivity contribution < 1.29 is 9.13 Å². The highest BCUT2D eigenvalue weighted by Crippen LogP contribution is 2.25. The van der Waals surface area contributed by atoms with E-state index in [1.54, 1.807) is 0 Å². The molecule has 1 heterocycles. The van der Waals surface area contributed by atoms with Gasteiger partial charge in [0.15, 0.2) is 0 Å². The van der Waals surface area contributed by atoms with E-state index >= 15 is 0 Å². The van der Waals surface area contributed by atoms with Crippen LogP contribution in [0.15, 0.2) is 0 Å². The van der Waals surface area contributed by atoms with Crippen LogP contribution in [0.4, 0.5) is 4.39 Å². The molecule has 1 saturated heterocycles. The average molecular weight is 189 g/mol. The fraction of sp³-hybridized carbons (Fsp3) is 1.00. The van der Waals surface area contributed by atoms with E-state index in [0.717, 1.165) is 13.0 Å². The molecule has 3 heteroatoms. The number of hydrogen-bond acceptors (Lipinski definition) is 2. The first kappa shape index (κ1) is 10.9. The quantitative estimate of drug-likeness (QED) is 0.671. The summed E-state index contributed by atoms with van der Waals surface area (Å²) in [6.45, 7) is 5.65. The van der Waals surface area contributed by atoms with Crippen molar-refractivity contribution in [3.05, 3.63) is 0 Å². The summed E-state index contributed by atoms with van der Waals surface area (Å²) < 4.78 is 19.3. The second-order valence-corrected chi connectivity index (χ2v) is 4.35. The van der Waals surface area contributed by atoms with Gasteiger partial charge in [0.2, 0.25) is 0 Å². The molecule has 0 saturated carbocycles. The first-order valence-electron chi connectivity index (χ1n) is 5.01. The molecular formula is C10H20FNO. The van der Waals surface area contributed by atoms with Crippen molar-refractivity contribution >= 4 is 0 Å². The highest BCUT2D eigenvalue weighted by atomic mass is 19.1. The highest BCUT2D eigenvalue weighted by molar-refractivity contribution is 4.86. The van der Waals surface area contributed by atoms with Crippen LogP contribution >= 0.6 is 0 Å². The lowest BCUT2D eigenvalue weighted by Crippen LogP contribution is -2.46. The van der Waals surface area contributed by atoms with Crippen molar-refractivity contribution in [1.82, 2.24) is 4.90 Å². The van der Waals surface area contributed by atoms with Crippen LogP contribution < -0.4 is 0 Å². The second kappa shape index (κ2) is 4.38. The molecule has 0 radical (unpaired) electrons. The minimum absolute atomic E-state index is 0.125. The van der Waals surface area contributed by atoms with Crippen LogP contribution in [-0.4, -0.2) is 43.4 Å². The van der Waals surface area contributed by atoms with Gasteiger partial charge in [-0.2, -0.15) is 0 Å². The van der Waals surface area contributed by atoms with Gasteiger partial charge in [-0.1, -0.05) is 0 Å². The Morgan fingerprint density at radius 1 is 1.54 bits per heavy atom. The van der Waals surface area contributed by atoms with E-state index < -0.39 is 5.67 Å². The fourth-order valence-electron chi connectivity index (χ4n) is 1.74. The maximum atomic E-state index is 14.0. The molecule has 1 atom stereocenters. The van der Waals surface area contributed by atoms with E-state index in [-0.39, 0.29) is 12.7 Å². The molecule has 0 bridgehead atoms. The number of alkyl halides is 1. The zero-order valence-electron chi connectivity index (χ0n) is 8.85. The predicted molar refractivity (Wildman–Crippen MR) is 51.7 cm³/mol. The Bertz CT molecular complexity index is 163. The average Bonchev–Trinajstić information content (AvgIpc) is 2.01. The Kier molecular flexibility index (Phi) is 3.68. The predicted octanol–water partition coefficient (Wildman–Crippen LogP) is 1.85. The largest absolute Gasteiger partial charge is 0.375 e. The standard InChI is InChI=1S/C10H20FNO/c1-9(2)13-8-10(11)5-4-6-12(3)7-10/h9H,4-8H2,1-3H3/t10-/m0/s1. The maximum Gasteiger partial charge on any atom is 0.146 e. The molecule has 78 valence electrons. The smallest absolute Gasteiger partial charge is 0.146 e. The molecule has 2 nitrogen and oxygen atoms in total. The van der Waals surface area contributed by atoms with Crippen molar-refractivity contribution in [1.29, 1.82) is 0 Å². The first-order chi connectivity index (χ1) is 6.02. The van der Waals surface area contributed by atoms with Crippen LogP contribution in [0.25, 0.3) is 0 Å². The van der Waals surface area contributed by atoms with Gasteiger partial charge in [0.1, 0.15) is 5.67 Å². The van der Waals surface area contributed by atoms with Gasteiger partial charge in [-0.3, -0.25) is 0 Å². The summed E-state index contributed by atoms with van der Waals surface area (Å²) in [6.07, 6.45) is 1.71. The number of nitrogens with zero attached hydrogens (tertiary/aromatic N) is 1. The Balaban J connectivity index is 2.35. The van der Waals surface area contributed by atoms with E-state index in [1.165, 1.54) is 0 Å². The number of piperidine rings is 1. The second-order valence-electron chi connectivity index (χ2n) is 4.35. The van der Waals surface area contributed by atoms with Gasteiger partial charge in [-0.15, -0.1) is 0 Å². The Morgan fingerprint density at radius 2 is 2.23 bits per heavy atom. The summed E-state index contributed by atoms with van der Waals surface area (Å²) in [5.41, 5.74) is -1.11. The normalized spacial score (nSPS) is 31.2. The summed E-state index contributed by atoms with van der Waals surface area (Å²) in [4.78, 5) is 2.03. The molecule has 0 N–H and O–H groups in total. The summed E-state index contributed by atoms with van der Waals surface area (Å²) in [6, 6.07) is 0. The van der Waals surface area contributed by atoms with E-state index in [4.69, 9.17) is 4.74 Å². The molecule has 13 heavy (non-hydrogen) atoms. The first-order valence-corrected chi connectivity index (χ1v) is 5.01. The monoisotopic (exact) mass is 189 g/mol. The third-order valence-corrected chi connectivity index (χ3v) is 2.39. The van der Waals surface area contributed by atoms with Crippen molar-refractivity contribution in [3.63, 3.8) is 0 Å². The molecule has 1 rings (SSSR count). The zero-order valence-corrected chi connectivity index (χ0v) is 8.85. The van der Waals surface area contributed by atoms with Crippen LogP contribution in [0.1, 0.15) is 26.7 Å². The number of likely N-dealkylation sites (tertiary alicyclic amines) is 1. The third kappa shape index (κ3) is 3.61. The van der Waals surface area contributed by atoms with Gasteiger partial charge in [-0.25, -0.2) is 4.39 Å². The molecular weight excluding hydrogens is 169 g/mol. The molecule has 0 amide bonds. The molecule has 0 unspecified atom stereocenters. The van der Waals surface area contributed by atoms with Gasteiger partial charge in [0.25, 0.3) is 0 Å². The summed E-state index contributed by atoms with van der Waals surface area (Å²) in [5.74, 6) is 0. The molecule has 1 fully saturated rings. The van der Waals surface area contributed by atoms with Gasteiger partial charge in [-0.05, 0) is 40.3 Å². The number of ether oxygens (including phenoxy) is 1. The number of rotatable bonds is 3. The molecule has 0 aromatic rings. The van der Waals surface area contributed by atoms with Crippen molar-refractivity contribution in [2.24, 2.45) is 0 Å². The summed E-state index contributed by atoms with van der Waals surface area (Å²) in [7, 11) is 1.96. The van der Waals surface area contributed by atoms with Crippen molar-refractivity contribution in [2.75, 3.05) is 26.7 Å². The van der Waals surface area contributed by atoms with Gasteiger partial charge in [0, 0.05) is 6.54 Å². The van der Waals surface area contributed by atoms with Crippen molar-refractivity contribution in [3.8, 4) is 0 Å². The summed E-state index contributed by atoms with van der Waals surface area (Å²) in [5, 5.41) is 0. The van der Waals surface area contributed by atoms with Crippen LogP contribution in [-0.2, 0) is 4.74 Å². The van der Waals surface area contributed by atoms with Crippen molar-refractivity contribution in [2.45, 2.75) is 38.5 Å². The molecule has 1 aliphatic heterocycles. The minimum Gasteiger partial charge on any atom is -0.375 e. The highest BCUT2D eigenvalue weighted by Gasteiger charge is 2.34. The lowest BCUT2D eigenvalue weighted by Gasteiger charge is -2.35. The van der Waals surface area contributed by atoms with E-state index in [0.29, 0.717) is 13.0 Å². The van der Waals surface area contributed by atoms with Crippen LogP contribution in [0, 0.1) is 0 Å². The maximum absolute atomic E-state index is 14.0. The molecule has 0 aromatic heterocycles. The van der Waals surface area contributed by atoms with E-state index in [2.05, 4.69) is 0 Å². The molecule has 0 spiro atoms. The van der Waals surface area contributed by atoms with Gasteiger partial charge in [0.05, 0.1) is 12.7 Å². The lowest BCUT2D eigenvalue weighted by atomic mass is 9.96. The van der Waals surface area contributed by atoms with Gasteiger partial charge < -0.3 is 9.64 Å². The third-order valence-electron chi connectivity index (χ3n) is 2.39. The number of halogens is 1. The van der Waals surface area contributed by atoms with Crippen LogP contribution in [0.2, 0.25) is 0 Å². The zero-order chi connectivity index (χ0) is 9.90. The van der Waals surface area contributed by atoms with Crippen LogP contribution in [0.5, 0.6) is 0 Å². The molecule has 0 aromatic carbocycles. The molecule has 0 aliphatic carbocycles. The number of hydrogen-bond donors (Lipinski definition) is 0. The molecule has 1 aliphatic rings. The fourth-order valence-corrected chi connectivity index (χ4v) is 1.74. The van der Waals surface area contributed by atoms with Crippen LogP contribution in [0.3, 0.4) is 0 Å². The van der Waals surface area contributed by atoms with Gasteiger partial charge >= 0.3 is 0 Å². The van der Waals surface area contributed by atoms with E-state index in [9.17, 15) is 4.39 Å². The Morgan fingerprint density at radius 3 is 2.77 bits per heavy atom.